The molecule has 2 N–H and O–H groups in total. The van der Waals surface area contributed by atoms with Gasteiger partial charge >= 0.3 is 6.18 Å². The topological polar surface area (TPSA) is 59.2 Å². The van der Waals surface area contributed by atoms with Crippen LogP contribution in [0, 0.1) is 0 Å². The first-order chi connectivity index (χ1) is 7.29. The van der Waals surface area contributed by atoms with Gasteiger partial charge in [-0.1, -0.05) is 6.07 Å². The van der Waals surface area contributed by atoms with E-state index in [2.05, 4.69) is 4.98 Å². The van der Waals surface area contributed by atoms with E-state index in [9.17, 15) is 18.0 Å². The smallest absolute Gasteiger partial charge is 0.384 e. The van der Waals surface area contributed by atoms with Gasteiger partial charge in [0.2, 0.25) is 0 Å². The summed E-state index contributed by atoms with van der Waals surface area (Å²) < 4.78 is 36.1. The van der Waals surface area contributed by atoms with Crippen LogP contribution in [0.5, 0.6) is 0 Å². The molecule has 0 aliphatic heterocycles. The molecule has 0 aliphatic carbocycles. The van der Waals surface area contributed by atoms with E-state index in [0.717, 1.165) is 7.05 Å². The summed E-state index contributed by atoms with van der Waals surface area (Å²) in [4.78, 5) is 15.7. The van der Waals surface area contributed by atoms with Crippen molar-refractivity contribution < 1.29 is 18.0 Å². The van der Waals surface area contributed by atoms with Crippen molar-refractivity contribution in [3.63, 3.8) is 0 Å². The number of rotatable bonds is 2. The molecule has 0 aliphatic rings. The summed E-state index contributed by atoms with van der Waals surface area (Å²) in [7, 11) is 1.06. The number of nitrogens with two attached hydrogens (primary N) is 1. The summed E-state index contributed by atoms with van der Waals surface area (Å²) in [6, 6.07) is 4.21. The van der Waals surface area contributed by atoms with Crippen LogP contribution in [0.15, 0.2) is 18.2 Å². The molecule has 88 valence electrons. The van der Waals surface area contributed by atoms with Gasteiger partial charge < -0.3 is 10.6 Å². The maximum atomic E-state index is 12.0. The summed E-state index contributed by atoms with van der Waals surface area (Å²) in [5.74, 6) is -0.726. The Balaban J connectivity index is 2.78. The molecule has 1 amide bonds. The van der Waals surface area contributed by atoms with Crippen LogP contribution in [-0.2, 0) is 0 Å². The SMILES string of the molecule is CN(CC(F)(F)F)C(=O)c1cccc(N)n1. The molecule has 0 bridgehead atoms. The van der Waals surface area contributed by atoms with Crippen molar-refractivity contribution in [1.29, 1.82) is 0 Å². The Hall–Kier alpha value is -1.79. The maximum Gasteiger partial charge on any atom is 0.406 e. The molecule has 0 saturated heterocycles. The summed E-state index contributed by atoms with van der Waals surface area (Å²) in [6.07, 6.45) is -4.43. The van der Waals surface area contributed by atoms with Gasteiger partial charge in [0, 0.05) is 7.05 Å². The van der Waals surface area contributed by atoms with Crippen LogP contribution in [-0.4, -0.2) is 35.6 Å². The lowest BCUT2D eigenvalue weighted by molar-refractivity contribution is -0.138. The molecule has 0 spiro atoms. The molecule has 7 heteroatoms. The number of aromatic nitrogens is 1. The molecule has 0 radical (unpaired) electrons. The van der Waals surface area contributed by atoms with Crippen molar-refractivity contribution in [2.75, 3.05) is 19.3 Å². The Morgan fingerprint density at radius 3 is 2.62 bits per heavy atom. The Labute approximate surface area is 89.9 Å². The van der Waals surface area contributed by atoms with Gasteiger partial charge in [0.25, 0.3) is 5.91 Å². The number of pyridine rings is 1. The lowest BCUT2D eigenvalue weighted by Crippen LogP contribution is -2.36. The Bertz CT molecular complexity index is 392. The van der Waals surface area contributed by atoms with Gasteiger partial charge in [0.05, 0.1) is 0 Å². The maximum absolute atomic E-state index is 12.0. The molecule has 0 saturated carbocycles. The molecule has 1 rings (SSSR count). The van der Waals surface area contributed by atoms with Crippen molar-refractivity contribution in [2.45, 2.75) is 6.18 Å². The first-order valence-corrected chi connectivity index (χ1v) is 4.34. The number of halogens is 3. The number of carbonyl (C=O) groups is 1. The van der Waals surface area contributed by atoms with Crippen LogP contribution in [0.3, 0.4) is 0 Å². The first-order valence-electron chi connectivity index (χ1n) is 4.34. The third kappa shape index (κ3) is 3.41. The zero-order valence-corrected chi connectivity index (χ0v) is 8.45. The lowest BCUT2D eigenvalue weighted by atomic mass is 10.3. The van der Waals surface area contributed by atoms with Crippen LogP contribution in [0.2, 0.25) is 0 Å². The normalized spacial score (nSPS) is 11.2. The molecule has 4 nitrogen and oxygen atoms in total. The van der Waals surface area contributed by atoms with Crippen LogP contribution in [0.4, 0.5) is 19.0 Å². The number of nitrogens with zero attached hydrogens (tertiary/aromatic N) is 2. The van der Waals surface area contributed by atoms with E-state index in [4.69, 9.17) is 5.73 Å². The van der Waals surface area contributed by atoms with Crippen molar-refractivity contribution >= 4 is 11.7 Å². The van der Waals surface area contributed by atoms with E-state index in [-0.39, 0.29) is 11.5 Å². The highest BCUT2D eigenvalue weighted by Crippen LogP contribution is 2.16. The Kier molecular flexibility index (Phi) is 3.36. The van der Waals surface area contributed by atoms with E-state index >= 15 is 0 Å². The second-order valence-corrected chi connectivity index (χ2v) is 3.22. The molecule has 0 aromatic carbocycles. The summed E-state index contributed by atoms with van der Waals surface area (Å²) in [5.41, 5.74) is 5.21. The van der Waals surface area contributed by atoms with Crippen LogP contribution in [0.25, 0.3) is 0 Å². The van der Waals surface area contributed by atoms with E-state index < -0.39 is 18.6 Å². The van der Waals surface area contributed by atoms with Gasteiger partial charge in [-0.2, -0.15) is 13.2 Å². The standard InChI is InChI=1S/C9H10F3N3O/c1-15(5-9(10,11)12)8(16)6-3-2-4-7(13)14-6/h2-4H,5H2,1H3,(H2,13,14). The molecule has 16 heavy (non-hydrogen) atoms. The molecular formula is C9H10F3N3O. The minimum atomic E-state index is -4.43. The zero-order valence-electron chi connectivity index (χ0n) is 8.45. The molecule has 0 fully saturated rings. The molecule has 1 aromatic heterocycles. The second-order valence-electron chi connectivity index (χ2n) is 3.22. The monoisotopic (exact) mass is 233 g/mol. The minimum absolute atomic E-state index is 0.0891. The number of hydrogen-bond donors (Lipinski definition) is 1. The Morgan fingerprint density at radius 2 is 2.12 bits per heavy atom. The van der Waals surface area contributed by atoms with Gasteiger partial charge in [0.1, 0.15) is 18.1 Å². The number of hydrogen-bond acceptors (Lipinski definition) is 3. The number of nitrogen functional groups attached to an aromatic ring is 1. The van der Waals surface area contributed by atoms with Crippen molar-refractivity contribution in [1.82, 2.24) is 9.88 Å². The number of carbonyl (C=O) groups excluding carboxylic acids is 1. The highest BCUT2D eigenvalue weighted by atomic mass is 19.4. The van der Waals surface area contributed by atoms with Gasteiger partial charge in [-0.25, -0.2) is 4.98 Å². The van der Waals surface area contributed by atoms with Crippen molar-refractivity contribution in [3.8, 4) is 0 Å². The van der Waals surface area contributed by atoms with Crippen LogP contribution >= 0.6 is 0 Å². The molecule has 1 heterocycles. The number of amides is 1. The summed E-state index contributed by atoms with van der Waals surface area (Å²) in [5, 5.41) is 0. The molecule has 0 atom stereocenters. The third-order valence-electron chi connectivity index (χ3n) is 1.75. The molecular weight excluding hydrogens is 223 g/mol. The highest BCUT2D eigenvalue weighted by Gasteiger charge is 2.31. The quantitative estimate of drug-likeness (QED) is 0.837. The van der Waals surface area contributed by atoms with E-state index in [0.29, 0.717) is 4.90 Å². The van der Waals surface area contributed by atoms with Gasteiger partial charge in [-0.15, -0.1) is 0 Å². The predicted molar refractivity (Wildman–Crippen MR) is 51.7 cm³/mol. The summed E-state index contributed by atoms with van der Waals surface area (Å²) in [6.45, 7) is -1.32. The van der Waals surface area contributed by atoms with Crippen LogP contribution in [0.1, 0.15) is 10.5 Å². The molecule has 0 unspecified atom stereocenters. The summed E-state index contributed by atoms with van der Waals surface area (Å²) >= 11 is 0. The van der Waals surface area contributed by atoms with Crippen molar-refractivity contribution in [3.05, 3.63) is 23.9 Å². The highest BCUT2D eigenvalue weighted by molar-refractivity contribution is 5.92. The average Bonchev–Trinajstić information content (AvgIpc) is 2.14. The van der Waals surface area contributed by atoms with E-state index in [1.54, 1.807) is 0 Å². The van der Waals surface area contributed by atoms with E-state index in [1.807, 2.05) is 0 Å². The van der Waals surface area contributed by atoms with Crippen molar-refractivity contribution in [2.24, 2.45) is 0 Å². The fourth-order valence-corrected chi connectivity index (χ4v) is 1.11. The molecule has 1 aromatic rings. The lowest BCUT2D eigenvalue weighted by Gasteiger charge is -2.18. The second kappa shape index (κ2) is 4.38. The van der Waals surface area contributed by atoms with Gasteiger partial charge in [-0.05, 0) is 12.1 Å². The Morgan fingerprint density at radius 1 is 1.50 bits per heavy atom. The first kappa shape index (κ1) is 12.3. The van der Waals surface area contributed by atoms with Gasteiger partial charge in [0.15, 0.2) is 0 Å². The van der Waals surface area contributed by atoms with Gasteiger partial charge in [-0.3, -0.25) is 4.79 Å². The zero-order chi connectivity index (χ0) is 12.3. The predicted octanol–water partition coefficient (Wildman–Crippen LogP) is 1.30. The van der Waals surface area contributed by atoms with E-state index in [1.165, 1.54) is 18.2 Å². The van der Waals surface area contributed by atoms with Crippen LogP contribution < -0.4 is 5.73 Å². The fraction of sp³-hybridized carbons (Fsp3) is 0.333. The number of alkyl halides is 3. The average molecular weight is 233 g/mol. The third-order valence-corrected chi connectivity index (χ3v) is 1.75. The minimum Gasteiger partial charge on any atom is -0.384 e. The fourth-order valence-electron chi connectivity index (χ4n) is 1.11. The number of anilines is 1. The largest absolute Gasteiger partial charge is 0.406 e.